The quantitative estimate of drug-likeness (QED) is 0.555. The van der Waals surface area contributed by atoms with Crippen molar-refractivity contribution < 1.29 is 19.1 Å². The monoisotopic (exact) mass is 484 g/mol. The van der Waals surface area contributed by atoms with Gasteiger partial charge < -0.3 is 24.2 Å². The molecule has 1 aromatic heterocycles. The van der Waals surface area contributed by atoms with Crippen molar-refractivity contribution in [3.63, 3.8) is 0 Å². The number of pyridine rings is 1. The minimum atomic E-state index is -0.590. The van der Waals surface area contributed by atoms with Crippen molar-refractivity contribution in [2.45, 2.75) is 64.6 Å². The van der Waals surface area contributed by atoms with Gasteiger partial charge in [0.05, 0.1) is 6.04 Å². The largest absolute Gasteiger partial charge is 0.489 e. The van der Waals surface area contributed by atoms with E-state index in [2.05, 4.69) is 23.7 Å². The molecule has 1 aromatic rings. The smallest absolute Gasteiger partial charge is 0.410 e. The topological polar surface area (TPSA) is 75.2 Å². The molecule has 8 nitrogen and oxygen atoms in total. The van der Waals surface area contributed by atoms with Crippen LogP contribution in [0.2, 0.25) is 10.2 Å². The number of piperazine rings is 1. The summed E-state index contributed by atoms with van der Waals surface area (Å²) in [5.41, 5.74) is -0.407. The van der Waals surface area contributed by atoms with Gasteiger partial charge in [-0.2, -0.15) is 0 Å². The lowest BCUT2D eigenvalue weighted by atomic mass is 10.0. The fourth-order valence-electron chi connectivity index (χ4n) is 4.61. The second-order valence-corrected chi connectivity index (χ2v) is 10.9. The van der Waals surface area contributed by atoms with E-state index in [9.17, 15) is 9.59 Å². The maximum atomic E-state index is 13.8. The summed E-state index contributed by atoms with van der Waals surface area (Å²) in [7, 11) is 0. The molecule has 0 bridgehead atoms. The highest BCUT2D eigenvalue weighted by Crippen LogP contribution is 2.45. The molecule has 0 aromatic carbocycles. The SMILES string of the molecule is CC(C)(C)OC(=O)N1CCN2C(=O)c3c(N4CCCC4(C)C)nc(Cl)c(Cl)c3OC[C@H]2C1. The fraction of sp³-hybridized carbons (Fsp3) is 0.682. The van der Waals surface area contributed by atoms with Crippen molar-refractivity contribution in [3.05, 3.63) is 15.7 Å². The van der Waals surface area contributed by atoms with Gasteiger partial charge in [0.2, 0.25) is 0 Å². The summed E-state index contributed by atoms with van der Waals surface area (Å²) in [5, 5.41) is 0.255. The van der Waals surface area contributed by atoms with Gasteiger partial charge in [0.1, 0.15) is 28.6 Å². The van der Waals surface area contributed by atoms with Crippen molar-refractivity contribution in [2.24, 2.45) is 0 Å². The zero-order valence-corrected chi connectivity index (χ0v) is 20.7. The van der Waals surface area contributed by atoms with Crippen LogP contribution in [0.15, 0.2) is 0 Å². The molecule has 1 atom stereocenters. The Morgan fingerprint density at radius 3 is 2.56 bits per heavy atom. The van der Waals surface area contributed by atoms with E-state index in [1.54, 1.807) is 9.80 Å². The third-order valence-corrected chi connectivity index (χ3v) is 6.94. The number of anilines is 1. The van der Waals surface area contributed by atoms with Crippen molar-refractivity contribution in [1.29, 1.82) is 0 Å². The lowest BCUT2D eigenvalue weighted by Gasteiger charge is -2.40. The number of carbonyl (C=O) groups excluding carboxylic acids is 2. The van der Waals surface area contributed by atoms with Gasteiger partial charge in [-0.1, -0.05) is 23.2 Å². The lowest BCUT2D eigenvalue weighted by Crippen LogP contribution is -2.58. The standard InChI is InChI=1S/C22H30Cl2N4O4/c1-21(2,3)32-20(30)26-9-10-27-13(11-26)12-31-16-14(19(27)29)18(25-17(24)15(16)23)28-8-6-7-22(28,4)5/h13H,6-12H2,1-5H3/t13-/m1/s1. The molecule has 176 valence electrons. The summed E-state index contributed by atoms with van der Waals surface area (Å²) in [4.78, 5) is 36.4. The fourth-order valence-corrected chi connectivity index (χ4v) is 4.96. The first-order chi connectivity index (χ1) is 14.9. The van der Waals surface area contributed by atoms with Gasteiger partial charge in [0.25, 0.3) is 5.91 Å². The van der Waals surface area contributed by atoms with Crippen LogP contribution in [0.4, 0.5) is 10.6 Å². The molecule has 4 rings (SSSR count). The molecule has 3 aliphatic heterocycles. The Hall–Kier alpha value is -1.93. The number of aromatic nitrogens is 1. The Bertz CT molecular complexity index is 947. The predicted molar refractivity (Wildman–Crippen MR) is 123 cm³/mol. The molecule has 4 heterocycles. The van der Waals surface area contributed by atoms with Gasteiger partial charge >= 0.3 is 6.09 Å². The van der Waals surface area contributed by atoms with E-state index in [-0.39, 0.29) is 40.0 Å². The second-order valence-electron chi connectivity index (χ2n) is 10.2. The van der Waals surface area contributed by atoms with E-state index in [1.807, 2.05) is 20.8 Å². The molecule has 0 spiro atoms. The molecule has 0 unspecified atom stereocenters. The number of rotatable bonds is 1. The van der Waals surface area contributed by atoms with Crippen LogP contribution >= 0.6 is 23.2 Å². The van der Waals surface area contributed by atoms with Gasteiger partial charge in [-0.25, -0.2) is 9.78 Å². The van der Waals surface area contributed by atoms with E-state index in [0.29, 0.717) is 31.0 Å². The number of carbonyl (C=O) groups is 2. The van der Waals surface area contributed by atoms with Gasteiger partial charge in [0.15, 0.2) is 10.9 Å². The average Bonchev–Trinajstić information content (AvgIpc) is 2.97. The minimum absolute atomic E-state index is 0.117. The summed E-state index contributed by atoms with van der Waals surface area (Å²) in [5.74, 6) is 0.583. The van der Waals surface area contributed by atoms with Crippen molar-refractivity contribution in [2.75, 3.05) is 37.7 Å². The molecule has 10 heteroatoms. The molecule has 2 saturated heterocycles. The summed E-state index contributed by atoms with van der Waals surface area (Å²) in [6.07, 6.45) is 1.58. The van der Waals surface area contributed by atoms with Crippen LogP contribution in [0.1, 0.15) is 57.8 Å². The third-order valence-electron chi connectivity index (χ3n) is 6.22. The predicted octanol–water partition coefficient (Wildman–Crippen LogP) is 4.22. The second kappa shape index (κ2) is 8.13. The van der Waals surface area contributed by atoms with Crippen LogP contribution in [0.5, 0.6) is 5.75 Å². The van der Waals surface area contributed by atoms with Crippen molar-refractivity contribution in [3.8, 4) is 5.75 Å². The highest BCUT2D eigenvalue weighted by Gasteiger charge is 2.43. The van der Waals surface area contributed by atoms with E-state index in [1.165, 1.54) is 0 Å². The van der Waals surface area contributed by atoms with Crippen molar-refractivity contribution >= 4 is 41.0 Å². The first-order valence-electron chi connectivity index (χ1n) is 11.0. The van der Waals surface area contributed by atoms with Gasteiger partial charge in [0, 0.05) is 31.7 Å². The highest BCUT2D eigenvalue weighted by atomic mass is 35.5. The Morgan fingerprint density at radius 2 is 1.94 bits per heavy atom. The Kier molecular flexibility index (Phi) is 5.91. The number of amides is 2. The number of fused-ring (bicyclic) bond motifs is 2. The summed E-state index contributed by atoms with van der Waals surface area (Å²) >= 11 is 12.8. The third kappa shape index (κ3) is 4.19. The first kappa shape index (κ1) is 23.2. The molecule has 32 heavy (non-hydrogen) atoms. The zero-order valence-electron chi connectivity index (χ0n) is 19.2. The normalized spacial score (nSPS) is 22.8. The molecule has 0 aliphatic carbocycles. The molecule has 2 fully saturated rings. The lowest BCUT2D eigenvalue weighted by molar-refractivity contribution is 0.000952. The maximum absolute atomic E-state index is 13.8. The van der Waals surface area contributed by atoms with Crippen LogP contribution in [-0.4, -0.2) is 76.8 Å². The number of halogens is 2. The highest BCUT2D eigenvalue weighted by molar-refractivity contribution is 6.42. The summed E-state index contributed by atoms with van der Waals surface area (Å²) in [6.45, 7) is 11.8. The molecule has 0 saturated carbocycles. The average molecular weight is 485 g/mol. The molecular weight excluding hydrogens is 455 g/mol. The molecule has 2 amide bonds. The Labute approximate surface area is 198 Å². The van der Waals surface area contributed by atoms with Crippen LogP contribution in [0.3, 0.4) is 0 Å². The van der Waals surface area contributed by atoms with Crippen LogP contribution in [0, 0.1) is 0 Å². The van der Waals surface area contributed by atoms with E-state index in [0.717, 1.165) is 19.4 Å². The van der Waals surface area contributed by atoms with E-state index in [4.69, 9.17) is 32.7 Å². The summed E-state index contributed by atoms with van der Waals surface area (Å²) < 4.78 is 11.6. The van der Waals surface area contributed by atoms with Crippen LogP contribution in [-0.2, 0) is 4.74 Å². The molecule has 3 aliphatic rings. The van der Waals surface area contributed by atoms with Crippen LogP contribution < -0.4 is 9.64 Å². The maximum Gasteiger partial charge on any atom is 0.410 e. The molecular formula is C22H30Cl2N4O4. The number of nitrogens with zero attached hydrogens (tertiary/aromatic N) is 4. The summed E-state index contributed by atoms with van der Waals surface area (Å²) in [6, 6.07) is -0.328. The first-order valence-corrected chi connectivity index (χ1v) is 11.7. The van der Waals surface area contributed by atoms with E-state index >= 15 is 0 Å². The number of ether oxygens (including phenoxy) is 2. The number of hydrogen-bond acceptors (Lipinski definition) is 6. The van der Waals surface area contributed by atoms with E-state index < -0.39 is 11.7 Å². The molecule has 0 radical (unpaired) electrons. The molecule has 0 N–H and O–H groups in total. The van der Waals surface area contributed by atoms with Gasteiger partial charge in [-0.15, -0.1) is 0 Å². The Balaban J connectivity index is 1.67. The number of hydrogen-bond donors (Lipinski definition) is 0. The minimum Gasteiger partial charge on any atom is -0.489 e. The van der Waals surface area contributed by atoms with Gasteiger partial charge in [-0.3, -0.25) is 4.79 Å². The van der Waals surface area contributed by atoms with Crippen molar-refractivity contribution in [1.82, 2.24) is 14.8 Å². The van der Waals surface area contributed by atoms with Crippen LogP contribution in [0.25, 0.3) is 0 Å². The zero-order chi connectivity index (χ0) is 23.4. The Morgan fingerprint density at radius 1 is 1.22 bits per heavy atom. The van der Waals surface area contributed by atoms with Gasteiger partial charge in [-0.05, 0) is 47.5 Å².